The van der Waals surface area contributed by atoms with Crippen LogP contribution in [0.1, 0.15) is 49.9 Å². The van der Waals surface area contributed by atoms with Crippen LogP contribution in [0.5, 0.6) is 0 Å². The van der Waals surface area contributed by atoms with Crippen LogP contribution in [0, 0.1) is 0 Å². The van der Waals surface area contributed by atoms with Crippen molar-refractivity contribution < 1.29 is 4.52 Å². The second-order valence-electron chi connectivity index (χ2n) is 5.65. The maximum Gasteiger partial charge on any atom is 0.246 e. The quantitative estimate of drug-likeness (QED) is 0.915. The lowest BCUT2D eigenvalue weighted by atomic mass is 9.92. The van der Waals surface area contributed by atoms with Crippen molar-refractivity contribution in [2.75, 3.05) is 6.54 Å². The Kier molecular flexibility index (Phi) is 4.27. The van der Waals surface area contributed by atoms with Gasteiger partial charge in [0.05, 0.1) is 5.54 Å². The molecule has 2 heterocycles. The van der Waals surface area contributed by atoms with Gasteiger partial charge in [0.1, 0.15) is 0 Å². The summed E-state index contributed by atoms with van der Waals surface area (Å²) < 4.78 is 5.55. The van der Waals surface area contributed by atoms with Gasteiger partial charge in [0.15, 0.2) is 5.82 Å². The first-order valence-electron chi connectivity index (χ1n) is 7.55. The van der Waals surface area contributed by atoms with Crippen molar-refractivity contribution in [3.05, 3.63) is 46.6 Å². The highest BCUT2D eigenvalue weighted by molar-refractivity contribution is 6.31. The molecule has 4 nitrogen and oxygen atoms in total. The van der Waals surface area contributed by atoms with E-state index in [0.29, 0.717) is 12.2 Å². The molecule has 0 aliphatic carbocycles. The summed E-state index contributed by atoms with van der Waals surface area (Å²) in [5.74, 6) is 1.42. The van der Waals surface area contributed by atoms with Crippen LogP contribution in [-0.4, -0.2) is 16.7 Å². The summed E-state index contributed by atoms with van der Waals surface area (Å²) in [5.41, 5.74) is 0.899. The van der Waals surface area contributed by atoms with Gasteiger partial charge in [0, 0.05) is 11.4 Å². The Balaban J connectivity index is 1.81. The smallest absolute Gasteiger partial charge is 0.246 e. The van der Waals surface area contributed by atoms with Crippen LogP contribution < -0.4 is 5.32 Å². The van der Waals surface area contributed by atoms with E-state index in [9.17, 15) is 0 Å². The van der Waals surface area contributed by atoms with Gasteiger partial charge in [0.2, 0.25) is 5.89 Å². The molecular weight excluding hydrogens is 286 g/mol. The first-order valence-corrected chi connectivity index (χ1v) is 7.93. The number of rotatable bonds is 5. The minimum absolute atomic E-state index is 0.125. The number of nitrogens with zero attached hydrogens (tertiary/aromatic N) is 2. The van der Waals surface area contributed by atoms with Crippen LogP contribution in [0.3, 0.4) is 0 Å². The summed E-state index contributed by atoms with van der Waals surface area (Å²) in [5, 5.41) is 8.44. The lowest BCUT2D eigenvalue weighted by Crippen LogP contribution is -2.37. The second-order valence-corrected chi connectivity index (χ2v) is 6.05. The summed E-state index contributed by atoms with van der Waals surface area (Å²) in [6.45, 7) is 3.20. The molecule has 0 amide bonds. The molecule has 0 bridgehead atoms. The van der Waals surface area contributed by atoms with E-state index in [2.05, 4.69) is 22.4 Å². The topological polar surface area (TPSA) is 51.0 Å². The van der Waals surface area contributed by atoms with E-state index in [1.807, 2.05) is 24.3 Å². The average molecular weight is 306 g/mol. The van der Waals surface area contributed by atoms with Gasteiger partial charge in [-0.15, -0.1) is 0 Å². The number of hydrogen-bond donors (Lipinski definition) is 1. The first kappa shape index (κ1) is 14.5. The standard InChI is InChI=1S/C16H20ClN3O/c1-2-8-16(9-5-10-18-16)15-19-14(20-21-15)11-12-6-3-4-7-13(12)17/h3-4,6-7,18H,2,5,8-11H2,1H3. The van der Waals surface area contributed by atoms with E-state index in [4.69, 9.17) is 16.1 Å². The number of benzene rings is 1. The summed E-state index contributed by atoms with van der Waals surface area (Å²) in [6, 6.07) is 7.77. The van der Waals surface area contributed by atoms with Crippen LogP contribution in [0.15, 0.2) is 28.8 Å². The summed E-state index contributed by atoms with van der Waals surface area (Å²) in [6.07, 6.45) is 4.94. The van der Waals surface area contributed by atoms with Gasteiger partial charge in [-0.1, -0.05) is 48.3 Å². The molecule has 21 heavy (non-hydrogen) atoms. The molecule has 1 unspecified atom stereocenters. The van der Waals surface area contributed by atoms with Gasteiger partial charge in [0.25, 0.3) is 0 Å². The van der Waals surface area contributed by atoms with Crippen LogP contribution >= 0.6 is 11.6 Å². The molecule has 3 rings (SSSR count). The fraction of sp³-hybridized carbons (Fsp3) is 0.500. The minimum atomic E-state index is -0.125. The number of hydrogen-bond acceptors (Lipinski definition) is 4. The molecule has 1 aliphatic rings. The molecule has 1 aromatic carbocycles. The molecular formula is C16H20ClN3O. The third-order valence-corrected chi connectivity index (χ3v) is 4.47. The van der Waals surface area contributed by atoms with E-state index < -0.39 is 0 Å². The number of aromatic nitrogens is 2. The van der Waals surface area contributed by atoms with Crippen LogP contribution in [-0.2, 0) is 12.0 Å². The predicted octanol–water partition coefficient (Wildman–Crippen LogP) is 3.69. The molecule has 1 aliphatic heterocycles. The predicted molar refractivity (Wildman–Crippen MR) is 82.4 cm³/mol. The molecule has 1 aromatic heterocycles. The summed E-state index contributed by atoms with van der Waals surface area (Å²) >= 11 is 6.19. The zero-order valence-corrected chi connectivity index (χ0v) is 13.0. The van der Waals surface area contributed by atoms with Crippen LogP contribution in [0.25, 0.3) is 0 Å². The Labute approximate surface area is 129 Å². The maximum atomic E-state index is 6.19. The molecule has 1 N–H and O–H groups in total. The molecule has 0 saturated carbocycles. The Hall–Kier alpha value is -1.39. The SMILES string of the molecule is CCCC1(c2nc(Cc3ccccc3Cl)no2)CCCN1. The van der Waals surface area contributed by atoms with Gasteiger partial charge in [-0.25, -0.2) is 0 Å². The molecule has 1 atom stereocenters. The molecule has 1 saturated heterocycles. The van der Waals surface area contributed by atoms with Crippen molar-refractivity contribution in [2.24, 2.45) is 0 Å². The summed E-state index contributed by atoms with van der Waals surface area (Å²) in [4.78, 5) is 4.62. The van der Waals surface area contributed by atoms with Crippen molar-refractivity contribution in [1.82, 2.24) is 15.5 Å². The van der Waals surface area contributed by atoms with Gasteiger partial charge < -0.3 is 9.84 Å². The van der Waals surface area contributed by atoms with Crippen molar-refractivity contribution in [3.63, 3.8) is 0 Å². The Morgan fingerprint density at radius 3 is 2.95 bits per heavy atom. The molecule has 2 aromatic rings. The van der Waals surface area contributed by atoms with Gasteiger partial charge in [-0.3, -0.25) is 0 Å². The van der Waals surface area contributed by atoms with Crippen molar-refractivity contribution in [1.29, 1.82) is 0 Å². The Morgan fingerprint density at radius 1 is 1.38 bits per heavy atom. The van der Waals surface area contributed by atoms with Crippen molar-refractivity contribution in [3.8, 4) is 0 Å². The normalized spacial score (nSPS) is 21.8. The fourth-order valence-corrected chi connectivity index (χ4v) is 3.27. The zero-order chi connectivity index (χ0) is 14.7. The molecule has 112 valence electrons. The molecule has 5 heteroatoms. The molecule has 1 fully saturated rings. The van der Waals surface area contributed by atoms with Gasteiger partial charge in [-0.05, 0) is 37.4 Å². The largest absolute Gasteiger partial charge is 0.337 e. The van der Waals surface area contributed by atoms with Crippen LogP contribution in [0.2, 0.25) is 5.02 Å². The highest BCUT2D eigenvalue weighted by atomic mass is 35.5. The molecule has 0 spiro atoms. The highest BCUT2D eigenvalue weighted by Gasteiger charge is 2.39. The fourth-order valence-electron chi connectivity index (χ4n) is 3.07. The number of halogens is 1. The average Bonchev–Trinajstić information content (AvgIpc) is 3.12. The van der Waals surface area contributed by atoms with Crippen LogP contribution in [0.4, 0.5) is 0 Å². The zero-order valence-electron chi connectivity index (χ0n) is 12.2. The van der Waals surface area contributed by atoms with E-state index in [1.165, 1.54) is 0 Å². The van der Waals surface area contributed by atoms with E-state index in [-0.39, 0.29) is 5.54 Å². The summed E-state index contributed by atoms with van der Waals surface area (Å²) in [7, 11) is 0. The number of nitrogens with one attached hydrogen (secondary N) is 1. The minimum Gasteiger partial charge on any atom is -0.337 e. The lowest BCUT2D eigenvalue weighted by Gasteiger charge is -2.24. The van der Waals surface area contributed by atoms with Gasteiger partial charge >= 0.3 is 0 Å². The van der Waals surface area contributed by atoms with Crippen molar-refractivity contribution in [2.45, 2.75) is 44.6 Å². The lowest BCUT2D eigenvalue weighted by molar-refractivity contribution is 0.240. The third kappa shape index (κ3) is 2.97. The van der Waals surface area contributed by atoms with E-state index in [0.717, 1.165) is 48.7 Å². The maximum absolute atomic E-state index is 6.19. The Bertz CT molecular complexity index is 605. The van der Waals surface area contributed by atoms with Gasteiger partial charge in [-0.2, -0.15) is 4.98 Å². The monoisotopic (exact) mass is 305 g/mol. The van der Waals surface area contributed by atoms with E-state index >= 15 is 0 Å². The first-order chi connectivity index (χ1) is 10.2. The van der Waals surface area contributed by atoms with Crippen molar-refractivity contribution >= 4 is 11.6 Å². The third-order valence-electron chi connectivity index (χ3n) is 4.10. The second kappa shape index (κ2) is 6.16. The van der Waals surface area contributed by atoms with E-state index in [1.54, 1.807) is 0 Å². The molecule has 0 radical (unpaired) electrons. The highest BCUT2D eigenvalue weighted by Crippen LogP contribution is 2.34. The Morgan fingerprint density at radius 2 is 2.24 bits per heavy atom.